The highest BCUT2D eigenvalue weighted by atomic mass is 19.4. The number of carboxylic acids is 1. The zero-order chi connectivity index (χ0) is 20.0. The van der Waals surface area contributed by atoms with Crippen LogP contribution in [0.15, 0.2) is 18.3 Å². The fraction of sp³-hybridized carbons (Fsp3) is 0.500. The van der Waals surface area contributed by atoms with Crippen LogP contribution in [0.3, 0.4) is 0 Å². The normalized spacial score (nSPS) is 16.6. The summed E-state index contributed by atoms with van der Waals surface area (Å²) in [5.74, 6) is -2.75. The van der Waals surface area contributed by atoms with Gasteiger partial charge in [-0.2, -0.15) is 13.2 Å². The van der Waals surface area contributed by atoms with Gasteiger partial charge in [-0.1, -0.05) is 0 Å². The standard InChI is InChI=1S/C16H19F3N4O4/c17-16(18,19)13-2-1-12(8-20-13)21-14(25)7-11(15(26)27)9-22-3-5-23(10-24)6-4-22/h1-2,8,10-11H,3-7,9H2,(H,21,25)(H,26,27). The number of hydrogen-bond donors (Lipinski definition) is 2. The molecule has 0 spiro atoms. The van der Waals surface area contributed by atoms with Crippen molar-refractivity contribution < 1.29 is 32.7 Å². The molecule has 0 aromatic carbocycles. The molecule has 2 amide bonds. The minimum absolute atomic E-state index is 0.0525. The molecule has 0 radical (unpaired) electrons. The third-order valence-electron chi connectivity index (χ3n) is 4.15. The van der Waals surface area contributed by atoms with Crippen LogP contribution >= 0.6 is 0 Å². The number of carbonyl (C=O) groups is 3. The summed E-state index contributed by atoms with van der Waals surface area (Å²) in [4.78, 5) is 40.8. The van der Waals surface area contributed by atoms with E-state index in [-0.39, 0.29) is 18.7 Å². The zero-order valence-electron chi connectivity index (χ0n) is 14.3. The second-order valence-electron chi connectivity index (χ2n) is 6.16. The van der Waals surface area contributed by atoms with E-state index in [9.17, 15) is 32.7 Å². The summed E-state index contributed by atoms with van der Waals surface area (Å²) in [5.41, 5.74) is -1.03. The first-order chi connectivity index (χ1) is 12.7. The minimum atomic E-state index is -4.58. The van der Waals surface area contributed by atoms with Gasteiger partial charge in [-0.25, -0.2) is 4.98 Å². The molecule has 1 fully saturated rings. The Bertz CT molecular complexity index is 673. The lowest BCUT2D eigenvalue weighted by Gasteiger charge is -2.33. The van der Waals surface area contributed by atoms with E-state index < -0.39 is 29.7 Å². The first-order valence-electron chi connectivity index (χ1n) is 8.16. The quantitative estimate of drug-likeness (QED) is 0.673. The summed E-state index contributed by atoms with van der Waals surface area (Å²) in [6.07, 6.45) is -3.30. The van der Waals surface area contributed by atoms with E-state index in [2.05, 4.69) is 10.3 Å². The predicted octanol–water partition coefficient (Wildman–Crippen LogP) is 0.904. The highest BCUT2D eigenvalue weighted by molar-refractivity contribution is 5.93. The van der Waals surface area contributed by atoms with Gasteiger partial charge < -0.3 is 15.3 Å². The van der Waals surface area contributed by atoms with Crippen LogP contribution in [0.4, 0.5) is 18.9 Å². The van der Waals surface area contributed by atoms with Crippen molar-refractivity contribution >= 4 is 24.0 Å². The maximum Gasteiger partial charge on any atom is 0.433 e. The van der Waals surface area contributed by atoms with Gasteiger partial charge in [-0.05, 0) is 12.1 Å². The number of aliphatic carboxylic acids is 1. The molecule has 0 saturated carbocycles. The number of alkyl halides is 3. The number of piperazine rings is 1. The number of aromatic nitrogens is 1. The largest absolute Gasteiger partial charge is 0.481 e. The highest BCUT2D eigenvalue weighted by Crippen LogP contribution is 2.27. The molecule has 2 heterocycles. The summed E-state index contributed by atoms with van der Waals surface area (Å²) in [7, 11) is 0. The Kier molecular flexibility index (Phi) is 6.72. The van der Waals surface area contributed by atoms with Crippen LogP contribution in [-0.4, -0.2) is 70.9 Å². The number of rotatable bonds is 7. The van der Waals surface area contributed by atoms with Gasteiger partial charge >= 0.3 is 12.1 Å². The Morgan fingerprint density at radius 2 is 1.93 bits per heavy atom. The topological polar surface area (TPSA) is 103 Å². The van der Waals surface area contributed by atoms with Crippen molar-refractivity contribution in [3.8, 4) is 0 Å². The summed E-state index contributed by atoms with van der Waals surface area (Å²) in [6, 6.07) is 1.79. The summed E-state index contributed by atoms with van der Waals surface area (Å²) < 4.78 is 37.4. The SMILES string of the molecule is O=CN1CCN(CC(CC(=O)Nc2ccc(C(F)(F)F)nc2)C(=O)O)CC1. The fourth-order valence-corrected chi connectivity index (χ4v) is 2.66. The third kappa shape index (κ3) is 6.20. The fourth-order valence-electron chi connectivity index (χ4n) is 2.66. The van der Waals surface area contributed by atoms with Crippen LogP contribution in [0.2, 0.25) is 0 Å². The minimum Gasteiger partial charge on any atom is -0.481 e. The van der Waals surface area contributed by atoms with Gasteiger partial charge in [0, 0.05) is 39.1 Å². The van der Waals surface area contributed by atoms with E-state index in [1.165, 1.54) is 0 Å². The smallest absolute Gasteiger partial charge is 0.433 e. The molecule has 148 valence electrons. The zero-order valence-corrected chi connectivity index (χ0v) is 14.3. The molecule has 1 aliphatic rings. The van der Waals surface area contributed by atoms with Crippen LogP contribution < -0.4 is 5.32 Å². The molecule has 11 heteroatoms. The Hall–Kier alpha value is -2.69. The molecule has 1 aromatic rings. The maximum atomic E-state index is 12.5. The number of amides is 2. The first-order valence-corrected chi connectivity index (χ1v) is 8.16. The molecule has 0 bridgehead atoms. The van der Waals surface area contributed by atoms with E-state index in [1.807, 2.05) is 4.90 Å². The second-order valence-corrected chi connectivity index (χ2v) is 6.16. The van der Waals surface area contributed by atoms with Gasteiger partial charge in [0.1, 0.15) is 5.69 Å². The van der Waals surface area contributed by atoms with Crippen molar-refractivity contribution in [1.29, 1.82) is 0 Å². The lowest BCUT2D eigenvalue weighted by Crippen LogP contribution is -2.48. The van der Waals surface area contributed by atoms with Crippen LogP contribution in [-0.2, 0) is 20.6 Å². The molecule has 1 aliphatic heterocycles. The monoisotopic (exact) mass is 388 g/mol. The number of nitrogens with zero attached hydrogens (tertiary/aromatic N) is 3. The molecule has 27 heavy (non-hydrogen) atoms. The Balaban J connectivity index is 1.89. The number of halogens is 3. The van der Waals surface area contributed by atoms with Crippen molar-refractivity contribution in [1.82, 2.24) is 14.8 Å². The number of carboxylic acid groups (broad SMARTS) is 1. The van der Waals surface area contributed by atoms with Gasteiger partial charge in [0.15, 0.2) is 0 Å². The molecular formula is C16H19F3N4O4. The van der Waals surface area contributed by atoms with Gasteiger partial charge in [0.25, 0.3) is 0 Å². The lowest BCUT2D eigenvalue weighted by molar-refractivity contribution is -0.144. The number of anilines is 1. The van der Waals surface area contributed by atoms with Gasteiger partial charge in [0.2, 0.25) is 12.3 Å². The summed E-state index contributed by atoms with van der Waals surface area (Å²) in [6.45, 7) is 2.12. The number of carbonyl (C=O) groups excluding carboxylic acids is 2. The van der Waals surface area contributed by atoms with Crippen molar-refractivity contribution in [3.05, 3.63) is 24.0 Å². The van der Waals surface area contributed by atoms with Gasteiger partial charge in [0.05, 0.1) is 17.8 Å². The number of pyridine rings is 1. The number of nitrogens with one attached hydrogen (secondary N) is 1. The van der Waals surface area contributed by atoms with Crippen molar-refractivity contribution in [3.63, 3.8) is 0 Å². The Morgan fingerprint density at radius 1 is 1.26 bits per heavy atom. The molecule has 1 unspecified atom stereocenters. The van der Waals surface area contributed by atoms with E-state index >= 15 is 0 Å². The van der Waals surface area contributed by atoms with Gasteiger partial charge in [-0.15, -0.1) is 0 Å². The van der Waals surface area contributed by atoms with Crippen molar-refractivity contribution in [2.45, 2.75) is 12.6 Å². The average molecular weight is 388 g/mol. The van der Waals surface area contributed by atoms with E-state index in [0.717, 1.165) is 24.7 Å². The van der Waals surface area contributed by atoms with E-state index in [4.69, 9.17) is 0 Å². The molecule has 1 atom stereocenters. The van der Waals surface area contributed by atoms with E-state index in [0.29, 0.717) is 26.2 Å². The molecule has 2 rings (SSSR count). The second kappa shape index (κ2) is 8.80. The Labute approximate surface area is 153 Å². The maximum absolute atomic E-state index is 12.5. The molecule has 2 N–H and O–H groups in total. The third-order valence-corrected chi connectivity index (χ3v) is 4.15. The molecule has 1 saturated heterocycles. The van der Waals surface area contributed by atoms with E-state index in [1.54, 1.807) is 4.90 Å². The lowest BCUT2D eigenvalue weighted by atomic mass is 10.0. The average Bonchev–Trinajstić information content (AvgIpc) is 2.61. The molecule has 8 nitrogen and oxygen atoms in total. The molecular weight excluding hydrogens is 369 g/mol. The van der Waals surface area contributed by atoms with Gasteiger partial charge in [-0.3, -0.25) is 19.3 Å². The molecule has 0 aliphatic carbocycles. The molecule has 1 aromatic heterocycles. The van der Waals surface area contributed by atoms with Crippen LogP contribution in [0.25, 0.3) is 0 Å². The van der Waals surface area contributed by atoms with Crippen LogP contribution in [0.1, 0.15) is 12.1 Å². The summed E-state index contributed by atoms with van der Waals surface area (Å²) >= 11 is 0. The number of hydrogen-bond acceptors (Lipinski definition) is 5. The van der Waals surface area contributed by atoms with Crippen LogP contribution in [0.5, 0.6) is 0 Å². The predicted molar refractivity (Wildman–Crippen MR) is 87.7 cm³/mol. The summed E-state index contributed by atoms with van der Waals surface area (Å²) in [5, 5.41) is 11.7. The van der Waals surface area contributed by atoms with Crippen molar-refractivity contribution in [2.75, 3.05) is 38.0 Å². The first kappa shape index (κ1) is 20.6. The Morgan fingerprint density at radius 3 is 2.41 bits per heavy atom. The van der Waals surface area contributed by atoms with Crippen molar-refractivity contribution in [2.24, 2.45) is 5.92 Å². The highest BCUT2D eigenvalue weighted by Gasteiger charge is 2.32. The van der Waals surface area contributed by atoms with Crippen LogP contribution in [0, 0.1) is 5.92 Å².